The first-order valence-corrected chi connectivity index (χ1v) is 3.61. The Balaban J connectivity index is 2.26. The lowest BCUT2D eigenvalue weighted by atomic mass is 9.88. The van der Waals surface area contributed by atoms with E-state index in [2.05, 4.69) is 4.74 Å². The van der Waals surface area contributed by atoms with Gasteiger partial charge in [0.05, 0.1) is 12.5 Å². The maximum absolute atomic E-state index is 11.9. The Labute approximate surface area is 64.1 Å². The van der Waals surface area contributed by atoms with Crippen molar-refractivity contribution in [3.63, 3.8) is 0 Å². The van der Waals surface area contributed by atoms with E-state index in [4.69, 9.17) is 0 Å². The van der Waals surface area contributed by atoms with Crippen LogP contribution in [0.25, 0.3) is 0 Å². The van der Waals surface area contributed by atoms with Gasteiger partial charge in [0.25, 0.3) is 0 Å². The van der Waals surface area contributed by atoms with Crippen LogP contribution >= 0.6 is 0 Å². The molecule has 0 heterocycles. The van der Waals surface area contributed by atoms with Gasteiger partial charge in [-0.1, -0.05) is 0 Å². The van der Waals surface area contributed by atoms with E-state index in [1.807, 2.05) is 0 Å². The minimum atomic E-state index is -2.37. The van der Waals surface area contributed by atoms with Crippen LogP contribution in [-0.4, -0.2) is 19.8 Å². The Hall–Kier alpha value is -0.605. The lowest BCUT2D eigenvalue weighted by Crippen LogP contribution is -2.09. The largest absolute Gasteiger partial charge is 0.542 e. The van der Waals surface area contributed by atoms with Gasteiger partial charge in [0.2, 0.25) is 0 Å². The summed E-state index contributed by atoms with van der Waals surface area (Å²) in [5.41, 5.74) is 0. The smallest absolute Gasteiger partial charge is 0.466 e. The van der Waals surface area contributed by atoms with E-state index in [1.54, 1.807) is 6.92 Å². The molecule has 2 atom stereocenters. The van der Waals surface area contributed by atoms with Crippen LogP contribution in [0, 0.1) is 5.92 Å². The standard InChI is InChI=1S/C6H9BF2O2/c1-2-11-6(10)4-3-5(4)7(8)9/h4-5H,2-3H2,1H3/t4-,5?/m1/s1. The van der Waals surface area contributed by atoms with Crippen molar-refractivity contribution in [1.29, 1.82) is 0 Å². The number of carbonyl (C=O) groups excluding carboxylic acids is 1. The van der Waals surface area contributed by atoms with Crippen molar-refractivity contribution in [3.05, 3.63) is 0 Å². The molecule has 1 aliphatic carbocycles. The van der Waals surface area contributed by atoms with Crippen molar-refractivity contribution in [2.24, 2.45) is 5.92 Å². The fourth-order valence-corrected chi connectivity index (χ4v) is 1.01. The molecule has 0 spiro atoms. The highest BCUT2D eigenvalue weighted by Crippen LogP contribution is 2.48. The molecule has 0 aromatic carbocycles. The van der Waals surface area contributed by atoms with E-state index in [1.165, 1.54) is 0 Å². The van der Waals surface area contributed by atoms with Gasteiger partial charge in [-0.15, -0.1) is 0 Å². The lowest BCUT2D eigenvalue weighted by Gasteiger charge is -1.97. The molecule has 11 heavy (non-hydrogen) atoms. The van der Waals surface area contributed by atoms with Gasteiger partial charge in [-0.25, -0.2) is 0 Å². The van der Waals surface area contributed by atoms with Crippen LogP contribution in [-0.2, 0) is 9.53 Å². The number of rotatable bonds is 3. The second-order valence-corrected chi connectivity index (χ2v) is 2.59. The third-order valence-electron chi connectivity index (χ3n) is 1.75. The molecule has 1 aliphatic rings. The average molecular weight is 162 g/mol. The fraction of sp³-hybridized carbons (Fsp3) is 0.833. The monoisotopic (exact) mass is 162 g/mol. The van der Waals surface area contributed by atoms with Gasteiger partial charge < -0.3 is 4.74 Å². The Morgan fingerprint density at radius 3 is 2.73 bits per heavy atom. The third kappa shape index (κ3) is 1.91. The summed E-state index contributed by atoms with van der Waals surface area (Å²) in [6.07, 6.45) is 0.288. The maximum atomic E-state index is 11.9. The van der Waals surface area contributed by atoms with Gasteiger partial charge in [0.1, 0.15) is 0 Å². The summed E-state index contributed by atoms with van der Waals surface area (Å²) in [5.74, 6) is -1.75. The summed E-state index contributed by atoms with van der Waals surface area (Å²) in [7, 11) is -2.37. The van der Waals surface area contributed by atoms with Crippen molar-refractivity contribution in [2.75, 3.05) is 6.61 Å². The molecular formula is C6H9BF2O2. The Morgan fingerprint density at radius 2 is 2.36 bits per heavy atom. The van der Waals surface area contributed by atoms with Crippen LogP contribution in [0.1, 0.15) is 13.3 Å². The van der Waals surface area contributed by atoms with E-state index in [0.717, 1.165) is 0 Å². The first kappa shape index (κ1) is 8.49. The summed E-state index contributed by atoms with van der Waals surface area (Å²) >= 11 is 0. The molecule has 1 unspecified atom stereocenters. The number of ether oxygens (including phenoxy) is 1. The normalized spacial score (nSPS) is 27.9. The summed E-state index contributed by atoms with van der Waals surface area (Å²) < 4.78 is 28.3. The number of hydrogen-bond acceptors (Lipinski definition) is 2. The quantitative estimate of drug-likeness (QED) is 0.462. The molecule has 1 saturated carbocycles. The molecule has 0 aliphatic heterocycles. The second kappa shape index (κ2) is 3.20. The first-order chi connectivity index (χ1) is 5.16. The highest BCUT2D eigenvalue weighted by Gasteiger charge is 2.53. The number of esters is 1. The number of carbonyl (C=O) groups is 1. The Morgan fingerprint density at radius 1 is 1.73 bits per heavy atom. The molecule has 1 fully saturated rings. The summed E-state index contributed by atoms with van der Waals surface area (Å²) in [5, 5.41) is 0. The molecular weight excluding hydrogens is 153 g/mol. The Bertz CT molecular complexity index is 163. The second-order valence-electron chi connectivity index (χ2n) is 2.59. The predicted octanol–water partition coefficient (Wildman–Crippen LogP) is 1.37. The van der Waals surface area contributed by atoms with E-state index >= 15 is 0 Å². The van der Waals surface area contributed by atoms with Gasteiger partial charge in [0, 0.05) is 5.82 Å². The number of hydrogen-bond donors (Lipinski definition) is 0. The molecule has 1 rings (SSSR count). The van der Waals surface area contributed by atoms with Crippen molar-refractivity contribution in [1.82, 2.24) is 0 Å². The van der Waals surface area contributed by atoms with Crippen LogP contribution in [0.15, 0.2) is 0 Å². The summed E-state index contributed by atoms with van der Waals surface area (Å²) in [6.45, 7) is 1.93. The highest BCUT2D eigenvalue weighted by molar-refractivity contribution is 6.46. The first-order valence-electron chi connectivity index (χ1n) is 3.61. The van der Waals surface area contributed by atoms with Gasteiger partial charge in [-0.05, 0) is 13.3 Å². The van der Waals surface area contributed by atoms with Crippen LogP contribution in [0.5, 0.6) is 0 Å². The molecule has 0 aromatic rings. The van der Waals surface area contributed by atoms with Crippen LogP contribution in [0.3, 0.4) is 0 Å². The SMILES string of the molecule is CCOC(=O)[C@@H]1CC1B(F)F. The zero-order valence-electron chi connectivity index (χ0n) is 6.22. The molecule has 0 amide bonds. The number of halogens is 2. The molecule has 5 heteroatoms. The molecule has 0 bridgehead atoms. The maximum Gasteiger partial charge on any atom is 0.542 e. The fourth-order valence-electron chi connectivity index (χ4n) is 1.01. The van der Waals surface area contributed by atoms with Gasteiger partial charge >= 0.3 is 13.2 Å². The molecule has 62 valence electrons. The zero-order valence-corrected chi connectivity index (χ0v) is 6.22. The highest BCUT2D eigenvalue weighted by atomic mass is 19.2. The van der Waals surface area contributed by atoms with Crippen molar-refractivity contribution in [3.8, 4) is 0 Å². The predicted molar refractivity (Wildman–Crippen MR) is 36.5 cm³/mol. The van der Waals surface area contributed by atoms with E-state index < -0.39 is 25.0 Å². The summed E-state index contributed by atoms with van der Waals surface area (Å²) in [6, 6.07) is 0. The molecule has 2 nitrogen and oxygen atoms in total. The summed E-state index contributed by atoms with van der Waals surface area (Å²) in [4.78, 5) is 10.8. The van der Waals surface area contributed by atoms with E-state index in [-0.39, 0.29) is 13.0 Å². The zero-order chi connectivity index (χ0) is 8.43. The van der Waals surface area contributed by atoms with E-state index in [9.17, 15) is 13.4 Å². The third-order valence-corrected chi connectivity index (χ3v) is 1.75. The van der Waals surface area contributed by atoms with Gasteiger partial charge in [-0.2, -0.15) is 0 Å². The van der Waals surface area contributed by atoms with E-state index in [0.29, 0.717) is 0 Å². The molecule has 0 N–H and O–H groups in total. The van der Waals surface area contributed by atoms with Crippen LogP contribution < -0.4 is 0 Å². The van der Waals surface area contributed by atoms with Crippen LogP contribution in [0.4, 0.5) is 8.63 Å². The van der Waals surface area contributed by atoms with Gasteiger partial charge in [0.15, 0.2) is 0 Å². The topological polar surface area (TPSA) is 26.3 Å². The minimum absolute atomic E-state index is 0.269. The van der Waals surface area contributed by atoms with Crippen LogP contribution in [0.2, 0.25) is 5.82 Å². The van der Waals surface area contributed by atoms with Crippen molar-refractivity contribution in [2.45, 2.75) is 19.2 Å². The van der Waals surface area contributed by atoms with Gasteiger partial charge in [-0.3, -0.25) is 13.4 Å². The minimum Gasteiger partial charge on any atom is -0.466 e. The van der Waals surface area contributed by atoms with Crippen molar-refractivity contribution >= 4 is 13.2 Å². The molecule has 0 saturated heterocycles. The molecule has 0 radical (unpaired) electrons. The Kier molecular flexibility index (Phi) is 2.47. The lowest BCUT2D eigenvalue weighted by molar-refractivity contribution is -0.144. The van der Waals surface area contributed by atoms with Crippen molar-refractivity contribution < 1.29 is 18.2 Å². The molecule has 0 aromatic heterocycles. The average Bonchev–Trinajstić information content (AvgIpc) is 2.65.